The van der Waals surface area contributed by atoms with Crippen LogP contribution in [0.2, 0.25) is 0 Å². The predicted octanol–water partition coefficient (Wildman–Crippen LogP) is 3.72. The summed E-state index contributed by atoms with van der Waals surface area (Å²) in [6.45, 7) is 11.8. The van der Waals surface area contributed by atoms with Gasteiger partial charge in [0.1, 0.15) is 5.82 Å². The maximum atomic E-state index is 4.67. The molecule has 1 aliphatic heterocycles. The van der Waals surface area contributed by atoms with Gasteiger partial charge >= 0.3 is 0 Å². The molecule has 0 bridgehead atoms. The van der Waals surface area contributed by atoms with Gasteiger partial charge in [-0.25, -0.2) is 4.98 Å². The molecule has 2 aromatic rings. The Bertz CT molecular complexity index is 640. The number of rotatable bonds is 5. The van der Waals surface area contributed by atoms with Gasteiger partial charge in [0.25, 0.3) is 0 Å². The van der Waals surface area contributed by atoms with Crippen molar-refractivity contribution in [2.24, 2.45) is 0 Å². The van der Waals surface area contributed by atoms with Crippen molar-refractivity contribution in [1.82, 2.24) is 24.2 Å². The van der Waals surface area contributed by atoms with Gasteiger partial charge in [-0.2, -0.15) is 5.10 Å². The van der Waals surface area contributed by atoms with Gasteiger partial charge in [0.15, 0.2) is 0 Å². The maximum absolute atomic E-state index is 4.67. The molecule has 0 radical (unpaired) electrons. The van der Waals surface area contributed by atoms with E-state index < -0.39 is 0 Å². The Morgan fingerprint density at radius 3 is 2.83 bits per heavy atom. The molecule has 1 atom stereocenters. The number of nitrogens with zero attached hydrogens (tertiary/aromatic N) is 5. The second-order valence-electron chi connectivity index (χ2n) is 6.87. The van der Waals surface area contributed by atoms with Crippen molar-refractivity contribution in [3.63, 3.8) is 0 Å². The number of aryl methyl sites for hydroxylation is 2. The van der Waals surface area contributed by atoms with Crippen molar-refractivity contribution in [3.8, 4) is 0 Å². The van der Waals surface area contributed by atoms with Crippen LogP contribution in [0.4, 0.5) is 0 Å². The standard InChI is InChI=1S/C18H29N5/c1-5-21-11-9-19-18(21)17-8-6-7-10-22(17)12-16-13-23(14(2)3)20-15(16)4/h9,11,13-14,17H,5-8,10,12H2,1-4H3/t17-/m1/s1. The number of aromatic nitrogens is 4. The van der Waals surface area contributed by atoms with Crippen molar-refractivity contribution in [2.75, 3.05) is 6.54 Å². The lowest BCUT2D eigenvalue weighted by Crippen LogP contribution is -2.34. The summed E-state index contributed by atoms with van der Waals surface area (Å²) in [6.07, 6.45) is 10.0. The number of imidazole rings is 1. The Labute approximate surface area is 139 Å². The molecule has 0 unspecified atom stereocenters. The molecule has 0 amide bonds. The lowest BCUT2D eigenvalue weighted by atomic mass is 10.0. The summed E-state index contributed by atoms with van der Waals surface area (Å²) in [5, 5.41) is 4.67. The molecule has 0 N–H and O–H groups in total. The number of likely N-dealkylation sites (tertiary alicyclic amines) is 1. The Balaban J connectivity index is 1.82. The quantitative estimate of drug-likeness (QED) is 0.844. The fourth-order valence-electron chi connectivity index (χ4n) is 3.52. The van der Waals surface area contributed by atoms with Crippen molar-refractivity contribution >= 4 is 0 Å². The highest BCUT2D eigenvalue weighted by Crippen LogP contribution is 2.31. The zero-order valence-corrected chi connectivity index (χ0v) is 14.9. The van der Waals surface area contributed by atoms with Crippen LogP contribution in [-0.4, -0.2) is 30.8 Å². The molecule has 1 saturated heterocycles. The second-order valence-corrected chi connectivity index (χ2v) is 6.87. The highest BCUT2D eigenvalue weighted by Gasteiger charge is 2.28. The number of hydrogen-bond acceptors (Lipinski definition) is 3. The summed E-state index contributed by atoms with van der Waals surface area (Å²) < 4.78 is 4.37. The van der Waals surface area contributed by atoms with Crippen molar-refractivity contribution in [3.05, 3.63) is 35.7 Å². The first-order valence-electron chi connectivity index (χ1n) is 8.89. The number of hydrogen-bond donors (Lipinski definition) is 0. The highest BCUT2D eigenvalue weighted by atomic mass is 15.3. The topological polar surface area (TPSA) is 38.9 Å². The van der Waals surface area contributed by atoms with E-state index in [2.05, 4.69) is 64.3 Å². The highest BCUT2D eigenvalue weighted by molar-refractivity contribution is 5.16. The number of piperidine rings is 1. The molecule has 2 aromatic heterocycles. The average Bonchev–Trinajstić information content (AvgIpc) is 3.15. The Hall–Kier alpha value is -1.62. The summed E-state index contributed by atoms with van der Waals surface area (Å²) in [4.78, 5) is 7.25. The predicted molar refractivity (Wildman–Crippen MR) is 92.3 cm³/mol. The molecule has 5 nitrogen and oxygen atoms in total. The first-order chi connectivity index (χ1) is 11.1. The molecule has 3 heterocycles. The molecular formula is C18H29N5. The van der Waals surface area contributed by atoms with Gasteiger partial charge in [0, 0.05) is 43.3 Å². The molecule has 23 heavy (non-hydrogen) atoms. The lowest BCUT2D eigenvalue weighted by Gasteiger charge is -2.35. The van der Waals surface area contributed by atoms with Crippen LogP contribution in [0.1, 0.15) is 69.2 Å². The fourth-order valence-corrected chi connectivity index (χ4v) is 3.52. The molecule has 1 fully saturated rings. The van der Waals surface area contributed by atoms with E-state index >= 15 is 0 Å². The zero-order valence-electron chi connectivity index (χ0n) is 14.9. The van der Waals surface area contributed by atoms with Gasteiger partial charge in [0.05, 0.1) is 11.7 Å². The van der Waals surface area contributed by atoms with Crippen molar-refractivity contribution < 1.29 is 0 Å². The molecular weight excluding hydrogens is 286 g/mol. The van der Waals surface area contributed by atoms with Gasteiger partial charge in [0.2, 0.25) is 0 Å². The van der Waals surface area contributed by atoms with Crippen LogP contribution in [0.15, 0.2) is 18.6 Å². The molecule has 1 aliphatic rings. The van der Waals surface area contributed by atoms with Crippen LogP contribution in [0, 0.1) is 6.92 Å². The van der Waals surface area contributed by atoms with E-state index in [-0.39, 0.29) is 0 Å². The van der Waals surface area contributed by atoms with E-state index in [0.29, 0.717) is 12.1 Å². The molecule has 0 aromatic carbocycles. The molecule has 0 saturated carbocycles. The molecule has 126 valence electrons. The monoisotopic (exact) mass is 315 g/mol. The Morgan fingerprint density at radius 2 is 2.13 bits per heavy atom. The lowest BCUT2D eigenvalue weighted by molar-refractivity contribution is 0.130. The van der Waals surface area contributed by atoms with Gasteiger partial charge in [-0.15, -0.1) is 0 Å². The summed E-state index contributed by atoms with van der Waals surface area (Å²) in [5.74, 6) is 1.22. The summed E-state index contributed by atoms with van der Waals surface area (Å²) in [5.41, 5.74) is 2.50. The summed E-state index contributed by atoms with van der Waals surface area (Å²) in [7, 11) is 0. The van der Waals surface area contributed by atoms with Crippen LogP contribution in [-0.2, 0) is 13.1 Å². The van der Waals surface area contributed by atoms with Gasteiger partial charge in [-0.05, 0) is 47.1 Å². The van der Waals surface area contributed by atoms with Gasteiger partial charge in [-0.3, -0.25) is 9.58 Å². The fraction of sp³-hybridized carbons (Fsp3) is 0.667. The molecule has 5 heteroatoms. The third kappa shape index (κ3) is 3.34. The minimum Gasteiger partial charge on any atom is -0.334 e. The first-order valence-corrected chi connectivity index (χ1v) is 8.89. The van der Waals surface area contributed by atoms with E-state index in [1.165, 1.54) is 30.7 Å². The van der Waals surface area contributed by atoms with Crippen molar-refractivity contribution in [2.45, 2.75) is 72.1 Å². The van der Waals surface area contributed by atoms with Crippen molar-refractivity contribution in [1.29, 1.82) is 0 Å². The second kappa shape index (κ2) is 6.87. The minimum atomic E-state index is 0.415. The molecule has 0 spiro atoms. The summed E-state index contributed by atoms with van der Waals surface area (Å²) in [6, 6.07) is 0.846. The van der Waals surface area contributed by atoms with Crippen LogP contribution < -0.4 is 0 Å². The first kappa shape index (κ1) is 16.2. The molecule has 3 rings (SSSR count). The smallest absolute Gasteiger partial charge is 0.126 e. The van der Waals surface area contributed by atoms with E-state index in [1.54, 1.807) is 0 Å². The zero-order chi connectivity index (χ0) is 16.4. The van der Waals surface area contributed by atoms with E-state index in [1.807, 2.05) is 6.20 Å². The largest absolute Gasteiger partial charge is 0.334 e. The minimum absolute atomic E-state index is 0.415. The van der Waals surface area contributed by atoms with E-state index in [4.69, 9.17) is 0 Å². The third-order valence-electron chi connectivity index (χ3n) is 4.92. The van der Waals surface area contributed by atoms with E-state index in [0.717, 1.165) is 25.3 Å². The van der Waals surface area contributed by atoms with Crippen LogP contribution in [0.5, 0.6) is 0 Å². The normalized spacial score (nSPS) is 19.6. The Morgan fingerprint density at radius 1 is 1.30 bits per heavy atom. The van der Waals surface area contributed by atoms with Crippen LogP contribution in [0.3, 0.4) is 0 Å². The maximum Gasteiger partial charge on any atom is 0.126 e. The molecule has 0 aliphatic carbocycles. The van der Waals surface area contributed by atoms with Crippen LogP contribution in [0.25, 0.3) is 0 Å². The Kier molecular flexibility index (Phi) is 4.85. The van der Waals surface area contributed by atoms with Gasteiger partial charge in [-0.1, -0.05) is 6.42 Å². The van der Waals surface area contributed by atoms with Crippen LogP contribution >= 0.6 is 0 Å². The van der Waals surface area contributed by atoms with Gasteiger partial charge < -0.3 is 4.57 Å². The summed E-state index contributed by atoms with van der Waals surface area (Å²) >= 11 is 0. The SMILES string of the molecule is CCn1ccnc1[C@H]1CCCCN1Cc1cn(C(C)C)nc1C. The average molecular weight is 315 g/mol. The van der Waals surface area contributed by atoms with E-state index in [9.17, 15) is 0 Å². The third-order valence-corrected chi connectivity index (χ3v) is 4.92.